The third-order valence-electron chi connectivity index (χ3n) is 6.88. The third kappa shape index (κ3) is 8.73. The van der Waals surface area contributed by atoms with Gasteiger partial charge in [-0.2, -0.15) is 0 Å². The average Bonchev–Trinajstić information content (AvgIpc) is 3.06. The molecule has 6 rings (SSSR count). The van der Waals surface area contributed by atoms with Crippen molar-refractivity contribution in [3.63, 3.8) is 0 Å². The summed E-state index contributed by atoms with van der Waals surface area (Å²) in [7, 11) is 0.820. The van der Waals surface area contributed by atoms with Crippen molar-refractivity contribution in [3.05, 3.63) is 163 Å². The highest BCUT2D eigenvalue weighted by Crippen LogP contribution is 2.49. The van der Waals surface area contributed by atoms with E-state index in [4.69, 9.17) is 22.6 Å². The van der Waals surface area contributed by atoms with Gasteiger partial charge in [-0.25, -0.2) is 0 Å². The fraction of sp³-hybridized carbons (Fsp3) is 0.0270. The second-order valence-electron chi connectivity index (χ2n) is 10.6. The average molecular weight is 640 g/mol. The van der Waals surface area contributed by atoms with E-state index in [2.05, 4.69) is 26.0 Å². The summed E-state index contributed by atoms with van der Waals surface area (Å²) in [5.74, 6) is 3.41. The van der Waals surface area contributed by atoms with Crippen molar-refractivity contribution in [2.24, 2.45) is 0 Å². The quantitative estimate of drug-likeness (QED) is 0.0962. The van der Waals surface area contributed by atoms with Crippen LogP contribution in [-0.2, 0) is 6.16 Å². The first-order chi connectivity index (χ1) is 22.6. The van der Waals surface area contributed by atoms with Crippen molar-refractivity contribution in [1.82, 2.24) is 0 Å². The zero-order valence-electron chi connectivity index (χ0n) is 25.7. The van der Waals surface area contributed by atoms with Crippen LogP contribution in [0.2, 0.25) is 0 Å². The van der Waals surface area contributed by atoms with Gasteiger partial charge in [-0.1, -0.05) is 120 Å². The minimum Gasteiger partial charge on any atom is -0.438 e. The molecule has 2 atom stereocenters. The summed E-state index contributed by atoms with van der Waals surface area (Å²) in [6, 6.07) is 51.5. The molecule has 9 heteroatoms. The van der Waals surface area contributed by atoms with Crippen molar-refractivity contribution >= 4 is 43.6 Å². The summed E-state index contributed by atoms with van der Waals surface area (Å²) >= 11 is 0. The van der Waals surface area contributed by atoms with Crippen LogP contribution in [0.4, 0.5) is 0 Å². The van der Waals surface area contributed by atoms with Gasteiger partial charge in [0.25, 0.3) is 8.38 Å². The molecule has 0 spiro atoms. The Balaban J connectivity index is 1.31. The van der Waals surface area contributed by atoms with E-state index in [1.54, 1.807) is 0 Å². The van der Waals surface area contributed by atoms with E-state index in [9.17, 15) is 0 Å². The Hall–Kier alpha value is -4.69. The maximum Gasteiger partial charge on any atom is 0.530 e. The summed E-state index contributed by atoms with van der Waals surface area (Å²) in [5, 5.41) is 0. The lowest BCUT2D eigenvalue weighted by Gasteiger charge is -2.22. The Kier molecular flexibility index (Phi) is 10.6. The highest BCUT2D eigenvalue weighted by Gasteiger charge is 2.24. The van der Waals surface area contributed by atoms with Gasteiger partial charge in [-0.3, -0.25) is 0 Å². The molecule has 0 amide bonds. The predicted molar refractivity (Wildman–Crippen MR) is 195 cm³/mol. The fourth-order valence-corrected chi connectivity index (χ4v) is 7.13. The molecule has 6 aromatic carbocycles. The largest absolute Gasteiger partial charge is 0.530 e. The summed E-state index contributed by atoms with van der Waals surface area (Å²) in [6.45, 7) is 0. The molecular weight excluding hydrogens is 608 g/mol. The number of benzene rings is 6. The van der Waals surface area contributed by atoms with Crippen LogP contribution < -0.4 is 33.5 Å². The highest BCUT2D eigenvalue weighted by molar-refractivity contribution is 7.47. The van der Waals surface area contributed by atoms with Crippen molar-refractivity contribution in [1.29, 1.82) is 0 Å². The van der Waals surface area contributed by atoms with Gasteiger partial charge in [0.15, 0.2) is 0 Å². The molecule has 0 saturated heterocycles. The van der Waals surface area contributed by atoms with Gasteiger partial charge in [-0.05, 0) is 54.1 Å². The smallest absolute Gasteiger partial charge is 0.438 e. The van der Waals surface area contributed by atoms with Crippen LogP contribution in [0.3, 0.4) is 0 Å². The second kappa shape index (κ2) is 15.5. The van der Waals surface area contributed by atoms with Crippen LogP contribution in [0.25, 0.3) is 11.1 Å². The van der Waals surface area contributed by atoms with Crippen LogP contribution in [-0.4, -0.2) is 15.7 Å². The molecule has 0 fully saturated rings. The van der Waals surface area contributed by atoms with E-state index in [-0.39, 0.29) is 0 Å². The first kappa shape index (κ1) is 31.3. The zero-order valence-corrected chi connectivity index (χ0v) is 27.4. The third-order valence-corrected chi connectivity index (χ3v) is 9.38. The Bertz CT molecular complexity index is 1720. The van der Waals surface area contributed by atoms with Gasteiger partial charge in [0.1, 0.15) is 44.4 Å². The summed E-state index contributed by atoms with van der Waals surface area (Å²) in [5.41, 5.74) is 5.07. The Labute approximate surface area is 274 Å². The first-order valence-electron chi connectivity index (χ1n) is 15.0. The molecule has 0 aromatic heterocycles. The molecule has 6 aromatic rings. The molecule has 226 valence electrons. The Morgan fingerprint density at radius 3 is 1.50 bits per heavy atom. The molecule has 5 nitrogen and oxygen atoms in total. The highest BCUT2D eigenvalue weighted by atomic mass is 31.2. The van der Waals surface area contributed by atoms with Gasteiger partial charge < -0.3 is 22.6 Å². The van der Waals surface area contributed by atoms with E-state index in [0.717, 1.165) is 33.4 Å². The van der Waals surface area contributed by atoms with Gasteiger partial charge in [0.2, 0.25) is 0 Å². The standard InChI is InChI=1S/C37H32B2O5P2/c38-29-15-11-19-32(25-29)40-45(27-28-13-3-1-4-14-28)43-36-23-9-7-21-34(36)35-22-8-10-24-37(35)44-46(41-31-17-5-2-6-18-31)42-33-20-12-16-30(39)26-33/h1-26H,27,38-39H2. The molecule has 0 aliphatic carbocycles. The van der Waals surface area contributed by atoms with Crippen molar-refractivity contribution in [3.8, 4) is 39.9 Å². The molecule has 2 unspecified atom stereocenters. The minimum atomic E-state index is -1.87. The number of hydrogen-bond acceptors (Lipinski definition) is 5. The van der Waals surface area contributed by atoms with E-state index in [1.807, 2.05) is 147 Å². The normalized spacial score (nSPS) is 12.0. The van der Waals surface area contributed by atoms with Crippen LogP contribution in [0.15, 0.2) is 158 Å². The summed E-state index contributed by atoms with van der Waals surface area (Å²) in [6.07, 6.45) is 0.622. The summed E-state index contributed by atoms with van der Waals surface area (Å²) in [4.78, 5) is 0. The van der Waals surface area contributed by atoms with Crippen LogP contribution >= 0.6 is 17.0 Å². The Morgan fingerprint density at radius 2 is 0.891 bits per heavy atom. The lowest BCUT2D eigenvalue weighted by atomic mass is 9.96. The summed E-state index contributed by atoms with van der Waals surface area (Å²) < 4.78 is 32.4. The van der Waals surface area contributed by atoms with E-state index >= 15 is 0 Å². The second-order valence-corrected chi connectivity index (χ2v) is 12.9. The number of rotatable bonds is 13. The van der Waals surface area contributed by atoms with Crippen LogP contribution in [0.5, 0.6) is 28.7 Å². The van der Waals surface area contributed by atoms with E-state index in [1.165, 1.54) is 0 Å². The van der Waals surface area contributed by atoms with Gasteiger partial charge in [0.05, 0.1) is 6.16 Å². The molecule has 0 bridgehead atoms. The topological polar surface area (TPSA) is 46.2 Å². The molecule has 46 heavy (non-hydrogen) atoms. The number of hydrogen-bond donors (Lipinski definition) is 0. The molecule has 0 saturated carbocycles. The molecule has 0 radical (unpaired) electrons. The fourth-order valence-electron chi connectivity index (χ4n) is 4.71. The van der Waals surface area contributed by atoms with Crippen LogP contribution in [0, 0.1) is 0 Å². The molecule has 0 aliphatic rings. The molecule has 0 N–H and O–H groups in total. The molecule has 0 heterocycles. The lowest BCUT2D eigenvalue weighted by Crippen LogP contribution is -2.06. The van der Waals surface area contributed by atoms with Crippen molar-refractivity contribution < 1.29 is 22.6 Å². The minimum absolute atomic E-state index is 0.611. The van der Waals surface area contributed by atoms with Crippen LogP contribution in [0.1, 0.15) is 5.56 Å². The zero-order chi connectivity index (χ0) is 31.6. The van der Waals surface area contributed by atoms with Gasteiger partial charge in [-0.15, -0.1) is 0 Å². The predicted octanol–water partition coefficient (Wildman–Crippen LogP) is 7.60. The number of para-hydroxylation sites is 3. The van der Waals surface area contributed by atoms with Gasteiger partial charge in [0, 0.05) is 11.1 Å². The van der Waals surface area contributed by atoms with E-state index < -0.39 is 17.0 Å². The van der Waals surface area contributed by atoms with Gasteiger partial charge >= 0.3 is 8.60 Å². The molecule has 0 aliphatic heterocycles. The monoisotopic (exact) mass is 640 g/mol. The van der Waals surface area contributed by atoms with E-state index in [0.29, 0.717) is 29.2 Å². The molecular formula is C37H32B2O5P2. The van der Waals surface area contributed by atoms with Crippen molar-refractivity contribution in [2.75, 3.05) is 0 Å². The maximum atomic E-state index is 6.74. The lowest BCUT2D eigenvalue weighted by molar-refractivity contribution is 0.389. The first-order valence-corrected chi connectivity index (χ1v) is 17.4. The maximum absolute atomic E-state index is 6.74. The SMILES string of the molecule is Bc1cccc(OP(Cc2ccccc2)Oc2ccccc2-c2ccccc2OP(Oc2ccccc2)Oc2cccc(B)c2)c1. The Morgan fingerprint density at radius 1 is 0.413 bits per heavy atom. The van der Waals surface area contributed by atoms with Crippen molar-refractivity contribution in [2.45, 2.75) is 6.16 Å².